The third kappa shape index (κ3) is 12.4. The summed E-state index contributed by atoms with van der Waals surface area (Å²) >= 11 is 0. The number of unbranched alkanes of at least 4 members (excludes halogenated alkanes) is 8. The van der Waals surface area contributed by atoms with Gasteiger partial charge in [-0.25, -0.2) is 0 Å². The zero-order valence-corrected chi connectivity index (χ0v) is 26.8. The van der Waals surface area contributed by atoms with Crippen molar-refractivity contribution < 1.29 is 28.5 Å². The molecule has 2 aromatic rings. The summed E-state index contributed by atoms with van der Waals surface area (Å²) in [6.45, 7) is 11.0. The second-order valence-corrected chi connectivity index (χ2v) is 10.6. The third-order valence-corrected chi connectivity index (χ3v) is 6.95. The van der Waals surface area contributed by atoms with Crippen LogP contribution < -0.4 is 23.7 Å². The van der Waals surface area contributed by atoms with E-state index >= 15 is 0 Å². The maximum absolute atomic E-state index is 13.6. The molecule has 0 unspecified atom stereocenters. The molecule has 234 valence electrons. The summed E-state index contributed by atoms with van der Waals surface area (Å²) in [6, 6.07) is 9.32. The number of rotatable bonds is 24. The lowest BCUT2D eigenvalue weighted by Gasteiger charge is -2.17. The van der Waals surface area contributed by atoms with Crippen molar-refractivity contribution in [2.75, 3.05) is 33.5 Å². The molecule has 0 saturated carbocycles. The lowest BCUT2D eigenvalue weighted by Crippen LogP contribution is -2.07. The Balaban J connectivity index is 2.38. The molecule has 0 aliphatic rings. The van der Waals surface area contributed by atoms with Gasteiger partial charge in [0, 0.05) is 11.6 Å². The maximum atomic E-state index is 13.6. The van der Waals surface area contributed by atoms with Crippen LogP contribution in [-0.4, -0.2) is 39.3 Å². The second-order valence-electron chi connectivity index (χ2n) is 10.6. The molecule has 0 spiro atoms. The van der Waals surface area contributed by atoms with Gasteiger partial charge < -0.3 is 23.7 Å². The summed E-state index contributed by atoms with van der Waals surface area (Å²) < 4.78 is 30.2. The average Bonchev–Trinajstić information content (AvgIpc) is 3.01. The minimum absolute atomic E-state index is 0.162. The first kappa shape index (κ1) is 35.0. The van der Waals surface area contributed by atoms with Crippen LogP contribution >= 0.6 is 0 Å². The zero-order chi connectivity index (χ0) is 30.4. The summed E-state index contributed by atoms with van der Waals surface area (Å²) in [6.07, 6.45) is 16.0. The number of para-hydroxylation sites is 1. The normalized spacial score (nSPS) is 11.1. The SMILES string of the molecule is CCCCCOc1cc(C=CC(=O)c2cccc(OCCCCC)c2OCCCCC)c(OCCCCC)c(OC)c1. The number of carbonyl (C=O) groups excluding carboxylic acids is 1. The molecule has 0 fully saturated rings. The van der Waals surface area contributed by atoms with Gasteiger partial charge in [0.2, 0.25) is 0 Å². The first-order valence-corrected chi connectivity index (χ1v) is 16.2. The molecule has 0 aliphatic carbocycles. The van der Waals surface area contributed by atoms with E-state index in [0.29, 0.717) is 60.7 Å². The van der Waals surface area contributed by atoms with Crippen LogP contribution in [0.4, 0.5) is 0 Å². The molecule has 2 rings (SSSR count). The first-order valence-electron chi connectivity index (χ1n) is 16.2. The molecule has 6 heteroatoms. The van der Waals surface area contributed by atoms with E-state index in [2.05, 4.69) is 27.7 Å². The van der Waals surface area contributed by atoms with Gasteiger partial charge in [0.1, 0.15) is 5.75 Å². The van der Waals surface area contributed by atoms with Crippen LogP contribution in [0.1, 0.15) is 121 Å². The highest BCUT2D eigenvalue weighted by molar-refractivity contribution is 6.09. The van der Waals surface area contributed by atoms with Crippen molar-refractivity contribution in [2.45, 2.75) is 105 Å². The van der Waals surface area contributed by atoms with E-state index in [1.807, 2.05) is 24.3 Å². The fourth-order valence-corrected chi connectivity index (χ4v) is 4.47. The van der Waals surface area contributed by atoms with Gasteiger partial charge in [-0.05, 0) is 56.0 Å². The highest BCUT2D eigenvalue weighted by atomic mass is 16.5. The molecular weight excluding hydrogens is 528 g/mol. The van der Waals surface area contributed by atoms with Crippen LogP contribution in [0, 0.1) is 0 Å². The predicted octanol–water partition coefficient (Wildman–Crippen LogP) is 9.87. The van der Waals surface area contributed by atoms with Gasteiger partial charge >= 0.3 is 0 Å². The molecule has 0 aromatic heterocycles. The minimum Gasteiger partial charge on any atom is -0.493 e. The summed E-state index contributed by atoms with van der Waals surface area (Å²) in [5.74, 6) is 2.87. The van der Waals surface area contributed by atoms with Gasteiger partial charge in [-0.3, -0.25) is 4.79 Å². The summed E-state index contributed by atoms with van der Waals surface area (Å²) in [5.41, 5.74) is 1.22. The number of ether oxygens (including phenoxy) is 5. The molecule has 0 atom stereocenters. The topological polar surface area (TPSA) is 63.2 Å². The predicted molar refractivity (Wildman–Crippen MR) is 173 cm³/mol. The molecule has 42 heavy (non-hydrogen) atoms. The van der Waals surface area contributed by atoms with Crippen LogP contribution in [0.25, 0.3) is 6.08 Å². The number of ketones is 1. The van der Waals surface area contributed by atoms with Gasteiger partial charge in [0.05, 0.1) is 39.1 Å². The lowest BCUT2D eigenvalue weighted by molar-refractivity contribution is 0.104. The van der Waals surface area contributed by atoms with E-state index in [-0.39, 0.29) is 5.78 Å². The minimum atomic E-state index is -0.162. The van der Waals surface area contributed by atoms with Crippen LogP contribution in [0.3, 0.4) is 0 Å². The van der Waals surface area contributed by atoms with Crippen molar-refractivity contribution in [1.82, 2.24) is 0 Å². The standard InChI is InChI=1S/C36H54O6/c1-6-10-14-23-39-30-27-29(35(34(28-30)38-5)41-25-16-12-8-3)21-22-32(37)31-19-18-20-33(40-24-15-11-7-2)36(31)42-26-17-13-9-4/h18-22,27-28H,6-17,23-26H2,1-5H3. The van der Waals surface area contributed by atoms with E-state index in [1.165, 1.54) is 0 Å². The van der Waals surface area contributed by atoms with Crippen molar-refractivity contribution in [2.24, 2.45) is 0 Å². The van der Waals surface area contributed by atoms with Crippen molar-refractivity contribution >= 4 is 11.9 Å². The molecule has 0 aliphatic heterocycles. The quantitative estimate of drug-likeness (QED) is 0.0697. The van der Waals surface area contributed by atoms with E-state index in [1.54, 1.807) is 25.3 Å². The van der Waals surface area contributed by atoms with Crippen LogP contribution in [0.2, 0.25) is 0 Å². The Morgan fingerprint density at radius 2 is 1.19 bits per heavy atom. The Labute approximate surface area is 254 Å². The summed E-state index contributed by atoms with van der Waals surface area (Å²) in [4.78, 5) is 13.6. The number of carbonyl (C=O) groups is 1. The number of allylic oxidation sites excluding steroid dienone is 1. The first-order chi connectivity index (χ1) is 20.6. The van der Waals surface area contributed by atoms with Crippen LogP contribution in [0.15, 0.2) is 36.4 Å². The largest absolute Gasteiger partial charge is 0.493 e. The monoisotopic (exact) mass is 582 g/mol. The molecule has 0 amide bonds. The zero-order valence-electron chi connectivity index (χ0n) is 26.8. The Bertz CT molecular complexity index is 1060. The molecule has 0 heterocycles. The van der Waals surface area contributed by atoms with Crippen LogP contribution in [0.5, 0.6) is 28.7 Å². The Morgan fingerprint density at radius 1 is 0.643 bits per heavy atom. The molecule has 2 aromatic carbocycles. The fraction of sp³-hybridized carbons (Fsp3) is 0.583. The average molecular weight is 583 g/mol. The van der Waals surface area contributed by atoms with Gasteiger partial charge in [-0.15, -0.1) is 0 Å². The van der Waals surface area contributed by atoms with Crippen LogP contribution in [-0.2, 0) is 0 Å². The fourth-order valence-electron chi connectivity index (χ4n) is 4.47. The molecular formula is C36H54O6. The second kappa shape index (κ2) is 21.5. The van der Waals surface area contributed by atoms with Gasteiger partial charge in [0.25, 0.3) is 0 Å². The van der Waals surface area contributed by atoms with Gasteiger partial charge in [-0.1, -0.05) is 85.1 Å². The number of hydrogen-bond acceptors (Lipinski definition) is 6. The molecule has 0 bridgehead atoms. The van der Waals surface area contributed by atoms with Crippen molar-refractivity contribution in [1.29, 1.82) is 0 Å². The Morgan fingerprint density at radius 3 is 1.76 bits per heavy atom. The van der Waals surface area contributed by atoms with Gasteiger partial charge in [-0.2, -0.15) is 0 Å². The smallest absolute Gasteiger partial charge is 0.189 e. The highest BCUT2D eigenvalue weighted by Gasteiger charge is 2.18. The summed E-state index contributed by atoms with van der Waals surface area (Å²) in [7, 11) is 1.63. The van der Waals surface area contributed by atoms with E-state index in [9.17, 15) is 4.79 Å². The van der Waals surface area contributed by atoms with E-state index in [0.717, 1.165) is 82.6 Å². The maximum Gasteiger partial charge on any atom is 0.189 e. The van der Waals surface area contributed by atoms with Gasteiger partial charge in [0.15, 0.2) is 28.8 Å². The molecule has 6 nitrogen and oxygen atoms in total. The van der Waals surface area contributed by atoms with E-state index in [4.69, 9.17) is 23.7 Å². The Kier molecular flexibility index (Phi) is 18.0. The molecule has 0 N–H and O–H groups in total. The lowest BCUT2D eigenvalue weighted by atomic mass is 10.1. The molecule has 0 saturated heterocycles. The summed E-state index contributed by atoms with van der Waals surface area (Å²) in [5, 5.41) is 0. The van der Waals surface area contributed by atoms with Crippen molar-refractivity contribution in [3.05, 3.63) is 47.5 Å². The number of methoxy groups -OCH3 is 1. The van der Waals surface area contributed by atoms with E-state index < -0.39 is 0 Å². The van der Waals surface area contributed by atoms with Crippen molar-refractivity contribution in [3.63, 3.8) is 0 Å². The Hall–Kier alpha value is -3.15. The number of benzene rings is 2. The highest BCUT2D eigenvalue weighted by Crippen LogP contribution is 2.38. The molecule has 0 radical (unpaired) electrons. The van der Waals surface area contributed by atoms with Crippen molar-refractivity contribution in [3.8, 4) is 28.7 Å². The third-order valence-electron chi connectivity index (χ3n) is 6.95. The number of hydrogen-bond donors (Lipinski definition) is 0.